The van der Waals surface area contributed by atoms with E-state index in [1.165, 1.54) is 52.7 Å². The van der Waals surface area contributed by atoms with E-state index in [4.69, 9.17) is 4.74 Å². The summed E-state index contributed by atoms with van der Waals surface area (Å²) in [4.78, 5) is 4.64. The van der Waals surface area contributed by atoms with E-state index in [1.54, 1.807) is 12.1 Å². The summed E-state index contributed by atoms with van der Waals surface area (Å²) in [5.41, 5.74) is 6.01. The van der Waals surface area contributed by atoms with Gasteiger partial charge < -0.3 is 9.30 Å². The van der Waals surface area contributed by atoms with E-state index in [9.17, 15) is 4.39 Å². The van der Waals surface area contributed by atoms with Crippen molar-refractivity contribution in [3.8, 4) is 5.75 Å². The van der Waals surface area contributed by atoms with E-state index >= 15 is 0 Å². The molecule has 124 valence electrons. The molecule has 1 fully saturated rings. The van der Waals surface area contributed by atoms with Gasteiger partial charge in [-0.15, -0.1) is 0 Å². The molecule has 1 aromatic carbocycles. The van der Waals surface area contributed by atoms with Crippen LogP contribution in [0, 0.1) is 26.6 Å². The van der Waals surface area contributed by atoms with Crippen LogP contribution in [0.5, 0.6) is 5.75 Å². The van der Waals surface area contributed by atoms with Crippen molar-refractivity contribution in [3.63, 3.8) is 0 Å². The Hall–Kier alpha value is -2.36. The smallest absolute Gasteiger partial charge is 0.132 e. The topological polar surface area (TPSA) is 27.1 Å². The van der Waals surface area contributed by atoms with Crippen molar-refractivity contribution in [1.82, 2.24) is 9.55 Å². The molecule has 0 bridgehead atoms. The molecule has 4 rings (SSSR count). The summed E-state index contributed by atoms with van der Waals surface area (Å²) in [6, 6.07) is 6.71. The number of benzene rings is 1. The summed E-state index contributed by atoms with van der Waals surface area (Å²) in [7, 11) is 0. The summed E-state index contributed by atoms with van der Waals surface area (Å²) in [6.07, 6.45) is 4.39. The summed E-state index contributed by atoms with van der Waals surface area (Å²) in [5, 5.41) is 1.30. The lowest BCUT2D eigenvalue weighted by atomic mass is 10.1. The quantitative estimate of drug-likeness (QED) is 0.674. The van der Waals surface area contributed by atoms with Crippen molar-refractivity contribution in [3.05, 3.63) is 58.8 Å². The predicted octanol–water partition coefficient (Wildman–Crippen LogP) is 5.01. The Morgan fingerprint density at radius 3 is 2.54 bits per heavy atom. The van der Waals surface area contributed by atoms with Gasteiger partial charge in [0, 0.05) is 23.3 Å². The number of hydrogen-bond donors (Lipinski definition) is 0. The van der Waals surface area contributed by atoms with Crippen molar-refractivity contribution in [2.75, 3.05) is 0 Å². The Bertz CT molecular complexity index is 908. The van der Waals surface area contributed by atoms with Gasteiger partial charge in [-0.05, 0) is 69.0 Å². The average molecular weight is 324 g/mol. The molecular formula is C20H21FN2O. The number of rotatable bonds is 4. The Labute approximate surface area is 141 Å². The molecule has 0 spiro atoms. The minimum Gasteiger partial charge on any atom is -0.487 e. The van der Waals surface area contributed by atoms with Gasteiger partial charge in [0.2, 0.25) is 0 Å². The van der Waals surface area contributed by atoms with Crippen LogP contribution < -0.4 is 4.74 Å². The number of aromatic nitrogens is 2. The van der Waals surface area contributed by atoms with E-state index in [1.807, 2.05) is 6.20 Å². The molecule has 4 heteroatoms. The first-order chi connectivity index (χ1) is 11.6. The van der Waals surface area contributed by atoms with Gasteiger partial charge in [-0.3, -0.25) is 4.98 Å². The molecule has 24 heavy (non-hydrogen) atoms. The highest BCUT2D eigenvalue weighted by molar-refractivity contribution is 5.90. The van der Waals surface area contributed by atoms with Crippen molar-refractivity contribution >= 4 is 10.9 Å². The lowest BCUT2D eigenvalue weighted by molar-refractivity contribution is 0.302. The van der Waals surface area contributed by atoms with Crippen LogP contribution in [0.15, 0.2) is 30.5 Å². The van der Waals surface area contributed by atoms with Crippen LogP contribution >= 0.6 is 0 Å². The zero-order chi connectivity index (χ0) is 16.8. The van der Waals surface area contributed by atoms with E-state index in [2.05, 4.69) is 30.3 Å². The molecule has 0 atom stereocenters. The van der Waals surface area contributed by atoms with Crippen LogP contribution in [0.1, 0.15) is 41.4 Å². The number of nitrogens with zero attached hydrogens (tertiary/aromatic N) is 2. The van der Waals surface area contributed by atoms with Gasteiger partial charge in [-0.2, -0.15) is 0 Å². The molecule has 0 radical (unpaired) electrons. The Morgan fingerprint density at radius 2 is 1.88 bits per heavy atom. The van der Waals surface area contributed by atoms with Crippen molar-refractivity contribution in [2.24, 2.45) is 0 Å². The fraction of sp³-hybridized carbons (Fsp3) is 0.350. The molecule has 0 amide bonds. The van der Waals surface area contributed by atoms with Crippen LogP contribution in [-0.2, 0) is 6.61 Å². The van der Waals surface area contributed by atoms with Crippen LogP contribution in [0.4, 0.5) is 4.39 Å². The summed E-state index contributed by atoms with van der Waals surface area (Å²) >= 11 is 0. The van der Waals surface area contributed by atoms with E-state index in [-0.39, 0.29) is 5.82 Å². The van der Waals surface area contributed by atoms with Gasteiger partial charge >= 0.3 is 0 Å². The fourth-order valence-corrected chi connectivity index (χ4v) is 3.47. The standard InChI is InChI=1S/C20H21FN2O/c1-12-10-22-18(11-24-17-8-4-15(21)5-9-17)20-19(12)13(2)14(3)23(20)16-6-7-16/h4-5,8-10,16H,6-7,11H2,1-3H3. The van der Waals surface area contributed by atoms with Crippen molar-refractivity contribution in [1.29, 1.82) is 0 Å². The Morgan fingerprint density at radius 1 is 1.17 bits per heavy atom. The first kappa shape index (κ1) is 15.2. The number of aryl methyl sites for hydroxylation is 2. The zero-order valence-electron chi connectivity index (χ0n) is 14.3. The highest BCUT2D eigenvalue weighted by Crippen LogP contribution is 2.42. The monoisotopic (exact) mass is 324 g/mol. The number of ether oxygens (including phenoxy) is 1. The third kappa shape index (κ3) is 2.46. The van der Waals surface area contributed by atoms with Gasteiger partial charge in [-0.1, -0.05) is 0 Å². The average Bonchev–Trinajstić information content (AvgIpc) is 3.36. The highest BCUT2D eigenvalue weighted by Gasteiger charge is 2.29. The summed E-state index contributed by atoms with van der Waals surface area (Å²) < 4.78 is 21.3. The molecule has 0 aliphatic heterocycles. The molecule has 0 N–H and O–H groups in total. The normalized spacial score (nSPS) is 14.3. The van der Waals surface area contributed by atoms with Crippen LogP contribution in [0.3, 0.4) is 0 Å². The van der Waals surface area contributed by atoms with Gasteiger partial charge in [0.05, 0.1) is 5.52 Å². The van der Waals surface area contributed by atoms with Crippen molar-refractivity contribution < 1.29 is 9.13 Å². The van der Waals surface area contributed by atoms with E-state index < -0.39 is 0 Å². The van der Waals surface area contributed by atoms with E-state index in [0.717, 1.165) is 5.69 Å². The molecule has 3 aromatic rings. The minimum atomic E-state index is -0.257. The van der Waals surface area contributed by atoms with Crippen LogP contribution in [-0.4, -0.2) is 9.55 Å². The molecule has 2 aromatic heterocycles. The lowest BCUT2D eigenvalue weighted by Crippen LogP contribution is -2.04. The number of fused-ring (bicyclic) bond motifs is 1. The summed E-state index contributed by atoms with van der Waals surface area (Å²) in [6.45, 7) is 6.88. The minimum absolute atomic E-state index is 0.257. The van der Waals surface area contributed by atoms with Gasteiger partial charge in [0.1, 0.15) is 23.9 Å². The molecule has 3 nitrogen and oxygen atoms in total. The first-order valence-corrected chi connectivity index (χ1v) is 8.40. The zero-order valence-corrected chi connectivity index (χ0v) is 14.3. The molecule has 0 unspecified atom stereocenters. The molecular weight excluding hydrogens is 303 g/mol. The highest BCUT2D eigenvalue weighted by atomic mass is 19.1. The second kappa shape index (κ2) is 5.62. The maximum atomic E-state index is 13.0. The largest absolute Gasteiger partial charge is 0.487 e. The molecule has 1 aliphatic rings. The predicted molar refractivity (Wildman–Crippen MR) is 92.9 cm³/mol. The Balaban J connectivity index is 1.76. The molecule has 0 saturated heterocycles. The van der Waals surface area contributed by atoms with Crippen LogP contribution in [0.2, 0.25) is 0 Å². The molecule has 1 saturated carbocycles. The Kier molecular flexibility index (Phi) is 3.56. The lowest BCUT2D eigenvalue weighted by Gasteiger charge is -2.12. The maximum Gasteiger partial charge on any atom is 0.132 e. The van der Waals surface area contributed by atoms with Crippen LogP contribution in [0.25, 0.3) is 10.9 Å². The van der Waals surface area contributed by atoms with Gasteiger partial charge in [0.15, 0.2) is 0 Å². The summed E-state index contributed by atoms with van der Waals surface area (Å²) in [5.74, 6) is 0.400. The SMILES string of the molecule is Cc1cnc(COc2ccc(F)cc2)c2c1c(C)c(C)n2C1CC1. The van der Waals surface area contributed by atoms with Gasteiger partial charge in [0.25, 0.3) is 0 Å². The molecule has 2 heterocycles. The maximum absolute atomic E-state index is 13.0. The van der Waals surface area contributed by atoms with Crippen molar-refractivity contribution in [2.45, 2.75) is 46.3 Å². The molecule has 1 aliphatic carbocycles. The number of hydrogen-bond acceptors (Lipinski definition) is 2. The number of pyridine rings is 1. The first-order valence-electron chi connectivity index (χ1n) is 8.40. The third-order valence-electron chi connectivity index (χ3n) is 4.94. The second-order valence-electron chi connectivity index (χ2n) is 6.67. The fourth-order valence-electron chi connectivity index (χ4n) is 3.47. The number of halogens is 1. The second-order valence-corrected chi connectivity index (χ2v) is 6.67. The van der Waals surface area contributed by atoms with E-state index in [0.29, 0.717) is 18.4 Å². The third-order valence-corrected chi connectivity index (χ3v) is 4.94. The van der Waals surface area contributed by atoms with Gasteiger partial charge in [-0.25, -0.2) is 4.39 Å².